The van der Waals surface area contributed by atoms with Gasteiger partial charge in [-0.05, 0) is 30.9 Å². The molecule has 0 amide bonds. The van der Waals surface area contributed by atoms with Crippen molar-refractivity contribution < 1.29 is 0 Å². The molecular weight excluding hydrogens is 206 g/mol. The van der Waals surface area contributed by atoms with Gasteiger partial charge in [-0.2, -0.15) is 4.37 Å². The molecule has 1 atom stereocenters. The van der Waals surface area contributed by atoms with E-state index in [1.54, 1.807) is 11.5 Å². The van der Waals surface area contributed by atoms with Crippen molar-refractivity contribution in [2.75, 3.05) is 7.05 Å². The smallest absolute Gasteiger partial charge is 0.142 e. The molecule has 1 unspecified atom stereocenters. The second-order valence-corrected chi connectivity index (χ2v) is 5.11. The number of hydrogen-bond donors (Lipinski definition) is 1. The molecule has 4 heteroatoms. The number of rotatable bonds is 6. The zero-order chi connectivity index (χ0) is 11.3. The zero-order valence-electron chi connectivity index (χ0n) is 10.1. The second kappa shape index (κ2) is 6.18. The number of likely N-dealkylation sites (N-methyl/N-ethyl adjacent to an activating group) is 1. The van der Waals surface area contributed by atoms with Crippen LogP contribution < -0.4 is 5.32 Å². The predicted molar refractivity (Wildman–Crippen MR) is 65.3 cm³/mol. The summed E-state index contributed by atoms with van der Waals surface area (Å²) in [5.74, 6) is 1.70. The van der Waals surface area contributed by atoms with Gasteiger partial charge in [0.05, 0.1) is 0 Å². The van der Waals surface area contributed by atoms with Gasteiger partial charge in [0.25, 0.3) is 0 Å². The minimum Gasteiger partial charge on any atom is -0.317 e. The third kappa shape index (κ3) is 4.26. The number of hydrogen-bond acceptors (Lipinski definition) is 4. The zero-order valence-corrected chi connectivity index (χ0v) is 10.9. The van der Waals surface area contributed by atoms with Crippen LogP contribution in [0.2, 0.25) is 0 Å². The van der Waals surface area contributed by atoms with E-state index in [-0.39, 0.29) is 0 Å². The highest BCUT2D eigenvalue weighted by Gasteiger charge is 2.12. The monoisotopic (exact) mass is 227 g/mol. The molecule has 86 valence electrons. The lowest BCUT2D eigenvalue weighted by atomic mass is 10.0. The van der Waals surface area contributed by atoms with Crippen LogP contribution in [0, 0.1) is 5.92 Å². The van der Waals surface area contributed by atoms with Gasteiger partial charge in [0, 0.05) is 18.9 Å². The molecule has 0 spiro atoms. The predicted octanol–water partition coefficient (Wildman–Crippen LogP) is 2.28. The van der Waals surface area contributed by atoms with Crippen molar-refractivity contribution in [2.45, 2.75) is 46.1 Å². The summed E-state index contributed by atoms with van der Waals surface area (Å²) >= 11 is 1.54. The van der Waals surface area contributed by atoms with Gasteiger partial charge in [0.15, 0.2) is 0 Å². The van der Waals surface area contributed by atoms with Gasteiger partial charge in [-0.3, -0.25) is 0 Å². The van der Waals surface area contributed by atoms with Crippen LogP contribution in [-0.2, 0) is 12.8 Å². The molecule has 0 aliphatic rings. The summed E-state index contributed by atoms with van der Waals surface area (Å²) in [5, 5.41) is 4.51. The fraction of sp³-hybridized carbons (Fsp3) is 0.818. The van der Waals surface area contributed by atoms with Gasteiger partial charge < -0.3 is 5.32 Å². The SMILES string of the molecule is CCc1nsc(CC(CC(C)C)NC)n1. The lowest BCUT2D eigenvalue weighted by Crippen LogP contribution is -2.29. The molecule has 0 radical (unpaired) electrons. The fourth-order valence-corrected chi connectivity index (χ4v) is 2.40. The van der Waals surface area contributed by atoms with Gasteiger partial charge in [-0.15, -0.1) is 0 Å². The average Bonchev–Trinajstić information content (AvgIpc) is 2.64. The Bertz CT molecular complexity index is 283. The molecule has 0 aliphatic carbocycles. The number of nitrogens with zero attached hydrogens (tertiary/aromatic N) is 2. The summed E-state index contributed by atoms with van der Waals surface area (Å²) in [4.78, 5) is 4.49. The van der Waals surface area contributed by atoms with E-state index in [9.17, 15) is 0 Å². The maximum Gasteiger partial charge on any atom is 0.142 e. The van der Waals surface area contributed by atoms with E-state index in [0.717, 1.165) is 29.6 Å². The first-order chi connectivity index (χ1) is 7.15. The molecule has 0 bridgehead atoms. The maximum absolute atomic E-state index is 4.49. The molecule has 0 saturated heterocycles. The first-order valence-corrected chi connectivity index (χ1v) is 6.41. The molecule has 3 nitrogen and oxygen atoms in total. The average molecular weight is 227 g/mol. The fourth-order valence-electron chi connectivity index (χ4n) is 1.60. The van der Waals surface area contributed by atoms with Gasteiger partial charge in [-0.25, -0.2) is 4.98 Å². The number of aryl methyl sites for hydroxylation is 1. The van der Waals surface area contributed by atoms with Crippen LogP contribution in [0.3, 0.4) is 0 Å². The van der Waals surface area contributed by atoms with E-state index in [4.69, 9.17) is 0 Å². The quantitative estimate of drug-likeness (QED) is 0.810. The molecule has 0 fully saturated rings. The van der Waals surface area contributed by atoms with Crippen molar-refractivity contribution in [1.82, 2.24) is 14.7 Å². The van der Waals surface area contributed by atoms with Crippen LogP contribution in [0.5, 0.6) is 0 Å². The minimum absolute atomic E-state index is 0.530. The highest BCUT2D eigenvalue weighted by atomic mass is 32.1. The Kier molecular flexibility index (Phi) is 5.19. The van der Waals surface area contributed by atoms with Crippen LogP contribution in [0.4, 0.5) is 0 Å². The van der Waals surface area contributed by atoms with E-state index in [2.05, 4.69) is 35.4 Å². The Morgan fingerprint density at radius 3 is 2.60 bits per heavy atom. The molecule has 0 aliphatic heterocycles. The Morgan fingerprint density at radius 1 is 1.40 bits per heavy atom. The van der Waals surface area contributed by atoms with Crippen LogP contribution in [0.15, 0.2) is 0 Å². The first-order valence-electron chi connectivity index (χ1n) is 5.64. The lowest BCUT2D eigenvalue weighted by Gasteiger charge is -2.16. The maximum atomic E-state index is 4.49. The Hall–Kier alpha value is -0.480. The van der Waals surface area contributed by atoms with Crippen LogP contribution >= 0.6 is 11.5 Å². The molecule has 15 heavy (non-hydrogen) atoms. The number of aromatic nitrogens is 2. The van der Waals surface area contributed by atoms with Crippen molar-refractivity contribution in [3.05, 3.63) is 10.8 Å². The van der Waals surface area contributed by atoms with Crippen molar-refractivity contribution in [3.63, 3.8) is 0 Å². The molecule has 1 aromatic heterocycles. The van der Waals surface area contributed by atoms with Crippen LogP contribution in [0.1, 0.15) is 38.0 Å². The van der Waals surface area contributed by atoms with E-state index in [1.165, 1.54) is 6.42 Å². The topological polar surface area (TPSA) is 37.8 Å². The van der Waals surface area contributed by atoms with E-state index >= 15 is 0 Å². The van der Waals surface area contributed by atoms with E-state index in [1.807, 2.05) is 7.05 Å². The minimum atomic E-state index is 0.530. The van der Waals surface area contributed by atoms with Crippen molar-refractivity contribution in [2.24, 2.45) is 5.92 Å². The molecule has 1 heterocycles. The molecule has 0 saturated carbocycles. The first kappa shape index (κ1) is 12.6. The van der Waals surface area contributed by atoms with Gasteiger partial charge in [0.1, 0.15) is 10.8 Å². The largest absolute Gasteiger partial charge is 0.317 e. The van der Waals surface area contributed by atoms with Crippen LogP contribution in [-0.4, -0.2) is 22.4 Å². The van der Waals surface area contributed by atoms with E-state index in [0.29, 0.717) is 6.04 Å². The third-order valence-corrected chi connectivity index (χ3v) is 3.18. The highest BCUT2D eigenvalue weighted by Crippen LogP contribution is 2.12. The molecule has 1 rings (SSSR count). The van der Waals surface area contributed by atoms with Gasteiger partial charge >= 0.3 is 0 Å². The summed E-state index contributed by atoms with van der Waals surface area (Å²) < 4.78 is 4.30. The van der Waals surface area contributed by atoms with Crippen molar-refractivity contribution in [3.8, 4) is 0 Å². The highest BCUT2D eigenvalue weighted by molar-refractivity contribution is 7.05. The van der Waals surface area contributed by atoms with Crippen molar-refractivity contribution >= 4 is 11.5 Å². The molecule has 1 N–H and O–H groups in total. The van der Waals surface area contributed by atoms with E-state index < -0.39 is 0 Å². The summed E-state index contributed by atoms with van der Waals surface area (Å²) in [6, 6.07) is 0.530. The van der Waals surface area contributed by atoms with Crippen molar-refractivity contribution in [1.29, 1.82) is 0 Å². The summed E-state index contributed by atoms with van der Waals surface area (Å²) in [5.41, 5.74) is 0. The van der Waals surface area contributed by atoms with Crippen LogP contribution in [0.25, 0.3) is 0 Å². The second-order valence-electron chi connectivity index (χ2n) is 4.28. The Morgan fingerprint density at radius 2 is 2.13 bits per heavy atom. The lowest BCUT2D eigenvalue weighted by molar-refractivity contribution is 0.440. The number of nitrogens with one attached hydrogen (secondary N) is 1. The molecular formula is C11H21N3S. The Balaban J connectivity index is 2.50. The summed E-state index contributed by atoms with van der Waals surface area (Å²) in [6.45, 7) is 6.60. The third-order valence-electron chi connectivity index (χ3n) is 2.41. The van der Waals surface area contributed by atoms with Gasteiger partial charge in [-0.1, -0.05) is 20.8 Å². The molecule has 1 aromatic rings. The molecule has 0 aromatic carbocycles. The summed E-state index contributed by atoms with van der Waals surface area (Å²) in [6.07, 6.45) is 3.13. The summed E-state index contributed by atoms with van der Waals surface area (Å²) in [7, 11) is 2.02. The van der Waals surface area contributed by atoms with Gasteiger partial charge in [0.2, 0.25) is 0 Å². The Labute approximate surface area is 96.5 Å². The standard InChI is InChI=1S/C11H21N3S/c1-5-10-13-11(15-14-10)7-9(12-4)6-8(2)3/h8-9,12H,5-7H2,1-4H3. The normalized spacial score (nSPS) is 13.4.